The molecule has 1 heterocycles. The number of halogens is 1. The molecule has 1 fully saturated rings. The average molecular weight is 357 g/mol. The second-order valence-corrected chi connectivity index (χ2v) is 7.06. The van der Waals surface area contributed by atoms with Crippen molar-refractivity contribution in [3.8, 4) is 11.5 Å². The van der Waals surface area contributed by atoms with Gasteiger partial charge in [0.25, 0.3) is 0 Å². The van der Waals surface area contributed by atoms with E-state index in [1.807, 2.05) is 32.9 Å². The molecule has 4 heteroatoms. The molecular weight excluding hydrogens is 329 g/mol. The molecule has 2 aromatic carbocycles. The number of likely N-dealkylation sites (tertiary alicyclic amines) is 1. The van der Waals surface area contributed by atoms with E-state index in [4.69, 9.17) is 9.47 Å². The molecule has 140 valence electrons. The Morgan fingerprint density at radius 1 is 1.15 bits per heavy atom. The molecule has 3 nitrogen and oxygen atoms in total. The number of benzene rings is 2. The van der Waals surface area contributed by atoms with E-state index in [1.165, 1.54) is 11.6 Å². The summed E-state index contributed by atoms with van der Waals surface area (Å²) >= 11 is 0. The first-order chi connectivity index (χ1) is 12.6. The van der Waals surface area contributed by atoms with E-state index in [9.17, 15) is 4.39 Å². The molecule has 0 aromatic heterocycles. The van der Waals surface area contributed by atoms with E-state index in [0.717, 1.165) is 43.0 Å². The predicted molar refractivity (Wildman–Crippen MR) is 102 cm³/mol. The molecule has 0 radical (unpaired) electrons. The second-order valence-electron chi connectivity index (χ2n) is 7.06. The van der Waals surface area contributed by atoms with Gasteiger partial charge >= 0.3 is 0 Å². The van der Waals surface area contributed by atoms with Gasteiger partial charge in [-0.2, -0.15) is 0 Å². The molecule has 1 aliphatic heterocycles. The van der Waals surface area contributed by atoms with Crippen molar-refractivity contribution in [2.75, 3.05) is 13.2 Å². The van der Waals surface area contributed by atoms with Crippen molar-refractivity contribution >= 4 is 0 Å². The van der Waals surface area contributed by atoms with Crippen LogP contribution in [0.2, 0.25) is 0 Å². The van der Waals surface area contributed by atoms with Gasteiger partial charge in [0.2, 0.25) is 0 Å². The van der Waals surface area contributed by atoms with Crippen LogP contribution in [0.15, 0.2) is 42.5 Å². The monoisotopic (exact) mass is 357 g/mol. The van der Waals surface area contributed by atoms with Crippen LogP contribution in [0.4, 0.5) is 4.39 Å². The minimum atomic E-state index is -0.164. The number of rotatable bonds is 7. The Bertz CT molecular complexity index is 732. The maximum Gasteiger partial charge on any atom is 0.161 e. The smallest absolute Gasteiger partial charge is 0.161 e. The van der Waals surface area contributed by atoms with E-state index >= 15 is 0 Å². The molecular formula is C22H28FNO2. The summed E-state index contributed by atoms with van der Waals surface area (Å²) in [5.74, 6) is 1.41. The van der Waals surface area contributed by atoms with Crippen LogP contribution in [0, 0.1) is 5.82 Å². The Morgan fingerprint density at radius 2 is 2.00 bits per heavy atom. The standard InChI is InChI=1S/C22H28FNO2/c1-4-25-22-13-17(10-11-21(22)26-16(2)3)15-24-12-6-9-20(24)18-7-5-8-19(23)14-18/h5,7-8,10-11,13-14,16,20H,4,6,9,12,15H2,1-3H3. The summed E-state index contributed by atoms with van der Waals surface area (Å²) in [6.07, 6.45) is 2.31. The summed E-state index contributed by atoms with van der Waals surface area (Å²) in [5, 5.41) is 0. The van der Waals surface area contributed by atoms with Gasteiger partial charge in [0.05, 0.1) is 12.7 Å². The fraction of sp³-hybridized carbons (Fsp3) is 0.455. The summed E-state index contributed by atoms with van der Waals surface area (Å²) in [6.45, 7) is 8.45. The summed E-state index contributed by atoms with van der Waals surface area (Å²) in [6, 6.07) is 13.4. The van der Waals surface area contributed by atoms with Gasteiger partial charge in [-0.25, -0.2) is 4.39 Å². The third-order valence-corrected chi connectivity index (χ3v) is 4.65. The normalized spacial score (nSPS) is 17.7. The van der Waals surface area contributed by atoms with Crippen molar-refractivity contribution in [2.24, 2.45) is 0 Å². The van der Waals surface area contributed by atoms with Gasteiger partial charge < -0.3 is 9.47 Å². The maximum atomic E-state index is 13.6. The molecule has 0 spiro atoms. The number of nitrogens with zero attached hydrogens (tertiary/aromatic N) is 1. The molecule has 2 aromatic rings. The van der Waals surface area contributed by atoms with E-state index in [-0.39, 0.29) is 18.0 Å². The maximum absolute atomic E-state index is 13.6. The Hall–Kier alpha value is -2.07. The summed E-state index contributed by atoms with van der Waals surface area (Å²) in [4.78, 5) is 2.42. The fourth-order valence-electron chi connectivity index (χ4n) is 3.61. The van der Waals surface area contributed by atoms with Crippen molar-refractivity contribution in [1.82, 2.24) is 4.90 Å². The predicted octanol–water partition coefficient (Wildman–Crippen LogP) is 5.35. The van der Waals surface area contributed by atoms with Crippen molar-refractivity contribution in [3.05, 3.63) is 59.4 Å². The van der Waals surface area contributed by atoms with Gasteiger partial charge in [0, 0.05) is 12.6 Å². The van der Waals surface area contributed by atoms with Gasteiger partial charge in [0.15, 0.2) is 11.5 Å². The molecule has 0 amide bonds. The minimum absolute atomic E-state index is 0.107. The van der Waals surface area contributed by atoms with Crippen molar-refractivity contribution in [1.29, 1.82) is 0 Å². The van der Waals surface area contributed by atoms with Gasteiger partial charge in [0.1, 0.15) is 5.82 Å². The van der Waals surface area contributed by atoms with Crippen LogP contribution >= 0.6 is 0 Å². The highest BCUT2D eigenvalue weighted by atomic mass is 19.1. The fourth-order valence-corrected chi connectivity index (χ4v) is 3.61. The molecule has 0 N–H and O–H groups in total. The third kappa shape index (κ3) is 4.55. The first kappa shape index (κ1) is 18.7. The van der Waals surface area contributed by atoms with E-state index in [1.54, 1.807) is 12.1 Å². The SMILES string of the molecule is CCOc1cc(CN2CCCC2c2cccc(F)c2)ccc1OC(C)C. The van der Waals surface area contributed by atoms with Crippen LogP contribution < -0.4 is 9.47 Å². The Labute approximate surface area is 155 Å². The molecule has 1 saturated heterocycles. The van der Waals surface area contributed by atoms with Crippen molar-refractivity contribution in [2.45, 2.75) is 52.3 Å². The van der Waals surface area contributed by atoms with Gasteiger partial charge in [-0.15, -0.1) is 0 Å². The van der Waals surface area contributed by atoms with Crippen LogP contribution in [0.3, 0.4) is 0 Å². The van der Waals surface area contributed by atoms with Gasteiger partial charge in [-0.3, -0.25) is 4.90 Å². The zero-order valence-corrected chi connectivity index (χ0v) is 15.9. The summed E-state index contributed by atoms with van der Waals surface area (Å²) in [5.41, 5.74) is 2.25. The molecule has 26 heavy (non-hydrogen) atoms. The number of hydrogen-bond acceptors (Lipinski definition) is 3. The van der Waals surface area contributed by atoms with E-state index in [0.29, 0.717) is 6.61 Å². The first-order valence-electron chi connectivity index (χ1n) is 9.48. The molecule has 1 atom stereocenters. The lowest BCUT2D eigenvalue weighted by atomic mass is 10.0. The number of ether oxygens (including phenoxy) is 2. The lowest BCUT2D eigenvalue weighted by Crippen LogP contribution is -2.23. The zero-order chi connectivity index (χ0) is 18.5. The Balaban J connectivity index is 1.77. The van der Waals surface area contributed by atoms with Crippen LogP contribution in [0.25, 0.3) is 0 Å². The van der Waals surface area contributed by atoms with Crippen molar-refractivity contribution in [3.63, 3.8) is 0 Å². The quantitative estimate of drug-likeness (QED) is 0.667. The molecule has 0 saturated carbocycles. The lowest BCUT2D eigenvalue weighted by Gasteiger charge is -2.25. The van der Waals surface area contributed by atoms with Crippen LogP contribution in [-0.2, 0) is 6.54 Å². The zero-order valence-electron chi connectivity index (χ0n) is 15.9. The highest BCUT2D eigenvalue weighted by Crippen LogP contribution is 2.35. The lowest BCUT2D eigenvalue weighted by molar-refractivity contribution is 0.222. The van der Waals surface area contributed by atoms with Crippen LogP contribution in [-0.4, -0.2) is 24.2 Å². The molecule has 3 rings (SSSR count). The molecule has 1 unspecified atom stereocenters. The van der Waals surface area contributed by atoms with Crippen molar-refractivity contribution < 1.29 is 13.9 Å². The highest BCUT2D eigenvalue weighted by molar-refractivity contribution is 5.43. The second kappa shape index (κ2) is 8.54. The highest BCUT2D eigenvalue weighted by Gasteiger charge is 2.26. The summed E-state index contributed by atoms with van der Waals surface area (Å²) < 4.78 is 25.2. The minimum Gasteiger partial charge on any atom is -0.490 e. The van der Waals surface area contributed by atoms with Gasteiger partial charge in [-0.05, 0) is 75.5 Å². The number of hydrogen-bond donors (Lipinski definition) is 0. The largest absolute Gasteiger partial charge is 0.490 e. The Kier molecular flexibility index (Phi) is 6.15. The van der Waals surface area contributed by atoms with Crippen LogP contribution in [0.5, 0.6) is 11.5 Å². The molecule has 0 aliphatic carbocycles. The summed E-state index contributed by atoms with van der Waals surface area (Å²) in [7, 11) is 0. The topological polar surface area (TPSA) is 21.7 Å². The molecule has 1 aliphatic rings. The molecule has 0 bridgehead atoms. The van der Waals surface area contributed by atoms with Crippen LogP contribution in [0.1, 0.15) is 50.8 Å². The van der Waals surface area contributed by atoms with E-state index in [2.05, 4.69) is 17.0 Å². The Morgan fingerprint density at radius 3 is 2.73 bits per heavy atom. The average Bonchev–Trinajstić information content (AvgIpc) is 3.05. The third-order valence-electron chi connectivity index (χ3n) is 4.65. The first-order valence-corrected chi connectivity index (χ1v) is 9.48. The van der Waals surface area contributed by atoms with E-state index < -0.39 is 0 Å². The van der Waals surface area contributed by atoms with Gasteiger partial charge in [-0.1, -0.05) is 18.2 Å².